The van der Waals surface area contributed by atoms with Crippen LogP contribution in [0, 0.1) is 29.2 Å². The first-order valence-electron chi connectivity index (χ1n) is 13.1. The number of carbonyl (C=O) groups excluding carboxylic acids is 3. The van der Waals surface area contributed by atoms with Crippen molar-refractivity contribution in [3.05, 3.63) is 64.7 Å². The van der Waals surface area contributed by atoms with Gasteiger partial charge in [0.25, 0.3) is 5.91 Å². The summed E-state index contributed by atoms with van der Waals surface area (Å²) in [6.07, 6.45) is -1.36. The molecular weight excluding hydrogens is 602 g/mol. The lowest BCUT2D eigenvalue weighted by atomic mass is 10.0. The van der Waals surface area contributed by atoms with E-state index in [9.17, 15) is 31.9 Å². The monoisotopic (exact) mass is 635 g/mol. The summed E-state index contributed by atoms with van der Waals surface area (Å²) in [7, 11) is 0. The standard InChI is InChI=1S/C28H33F4N3O5S.ClH/c1-4-39-28(38)25(15(2)3)40-19-6-5-16(20(29)12-19)14-34-26(37)27-35(7-8-41-27)24(36)11-18(33)9-17-10-22(31)23(32)13-21(17)30;/h5-6,10,12-13,15,18,25,27H,4,7-9,11,14,33H2,1-3H3,(H,34,37);1H/t18-,25?,27?;/m1./s1. The SMILES string of the molecule is CCOC(=O)C(Oc1ccc(CNC(=O)C2SCCN2C(=O)C[C@H](N)Cc2cc(F)c(F)cc2F)c(F)c1)C(C)C.Cl. The number of ether oxygens (including phenoxy) is 2. The Balaban J connectivity index is 0.00000616. The number of nitrogens with one attached hydrogen (secondary N) is 1. The maximum atomic E-state index is 14.8. The molecule has 1 fully saturated rings. The molecule has 0 aliphatic carbocycles. The molecule has 1 aliphatic rings. The van der Waals surface area contributed by atoms with Crippen LogP contribution < -0.4 is 15.8 Å². The Bertz CT molecular complexity index is 1270. The summed E-state index contributed by atoms with van der Waals surface area (Å²) in [4.78, 5) is 39.2. The molecular formula is C28H34ClF4N3O5S. The number of thioether (sulfide) groups is 1. The lowest BCUT2D eigenvalue weighted by Crippen LogP contribution is -2.46. The van der Waals surface area contributed by atoms with Crippen molar-refractivity contribution >= 4 is 42.0 Å². The van der Waals surface area contributed by atoms with Crippen molar-refractivity contribution in [1.29, 1.82) is 0 Å². The van der Waals surface area contributed by atoms with Crippen molar-refractivity contribution in [1.82, 2.24) is 10.2 Å². The molecule has 3 atom stereocenters. The van der Waals surface area contributed by atoms with Crippen LogP contribution >= 0.6 is 24.2 Å². The van der Waals surface area contributed by atoms with E-state index in [1.165, 1.54) is 28.8 Å². The van der Waals surface area contributed by atoms with E-state index in [-0.39, 0.29) is 67.7 Å². The number of nitrogens with zero attached hydrogens (tertiary/aromatic N) is 1. The number of esters is 1. The topological polar surface area (TPSA) is 111 Å². The van der Waals surface area contributed by atoms with Crippen molar-refractivity contribution in [2.75, 3.05) is 18.9 Å². The van der Waals surface area contributed by atoms with Crippen LogP contribution in [0.4, 0.5) is 17.6 Å². The van der Waals surface area contributed by atoms with Gasteiger partial charge in [0, 0.05) is 54.9 Å². The number of benzene rings is 2. The van der Waals surface area contributed by atoms with Gasteiger partial charge in [-0.25, -0.2) is 22.4 Å². The number of nitrogens with two attached hydrogens (primary N) is 1. The molecule has 14 heteroatoms. The van der Waals surface area contributed by atoms with Crippen LogP contribution in [0.15, 0.2) is 30.3 Å². The highest BCUT2D eigenvalue weighted by Crippen LogP contribution is 2.26. The average molecular weight is 636 g/mol. The van der Waals surface area contributed by atoms with E-state index in [2.05, 4.69) is 5.32 Å². The van der Waals surface area contributed by atoms with Crippen LogP contribution in [0.25, 0.3) is 0 Å². The molecule has 0 radical (unpaired) electrons. The molecule has 0 spiro atoms. The molecule has 0 saturated carbocycles. The third-order valence-corrected chi connectivity index (χ3v) is 7.51. The minimum absolute atomic E-state index is 0. The molecule has 232 valence electrons. The van der Waals surface area contributed by atoms with E-state index in [1.807, 2.05) is 0 Å². The zero-order chi connectivity index (χ0) is 30.3. The summed E-state index contributed by atoms with van der Waals surface area (Å²) >= 11 is 1.23. The lowest BCUT2D eigenvalue weighted by molar-refractivity contribution is -0.153. The smallest absolute Gasteiger partial charge is 0.347 e. The second-order valence-corrected chi connectivity index (χ2v) is 11.0. The predicted octanol–water partition coefficient (Wildman–Crippen LogP) is 4.11. The van der Waals surface area contributed by atoms with Crippen molar-refractivity contribution in [3.8, 4) is 5.75 Å². The zero-order valence-corrected chi connectivity index (χ0v) is 25.0. The number of rotatable bonds is 12. The third kappa shape index (κ3) is 9.23. The molecule has 2 aromatic carbocycles. The number of hydrogen-bond donors (Lipinski definition) is 2. The average Bonchev–Trinajstić information content (AvgIpc) is 3.40. The van der Waals surface area contributed by atoms with E-state index < -0.39 is 58.6 Å². The summed E-state index contributed by atoms with van der Waals surface area (Å²) in [5.74, 6) is -5.29. The Hall–Kier alpha value is -3.03. The Labute approximate surface area is 252 Å². The molecule has 2 unspecified atom stereocenters. The van der Waals surface area contributed by atoms with Gasteiger partial charge >= 0.3 is 5.97 Å². The highest BCUT2D eigenvalue weighted by atomic mass is 35.5. The zero-order valence-electron chi connectivity index (χ0n) is 23.3. The molecule has 8 nitrogen and oxygen atoms in total. The van der Waals surface area contributed by atoms with E-state index in [1.54, 1.807) is 20.8 Å². The van der Waals surface area contributed by atoms with E-state index in [0.717, 1.165) is 6.07 Å². The number of carbonyl (C=O) groups is 3. The Kier molecular flexibility index (Phi) is 13.4. The summed E-state index contributed by atoms with van der Waals surface area (Å²) in [6.45, 7) is 5.52. The lowest BCUT2D eigenvalue weighted by Gasteiger charge is -2.24. The van der Waals surface area contributed by atoms with Gasteiger partial charge in [0.2, 0.25) is 5.91 Å². The van der Waals surface area contributed by atoms with Crippen molar-refractivity contribution < 1.29 is 41.4 Å². The molecule has 1 heterocycles. The van der Waals surface area contributed by atoms with Crippen LogP contribution in [0.5, 0.6) is 5.75 Å². The fraction of sp³-hybridized carbons (Fsp3) is 0.464. The van der Waals surface area contributed by atoms with Gasteiger partial charge in [0.1, 0.15) is 17.4 Å². The summed E-state index contributed by atoms with van der Waals surface area (Å²) < 4.78 is 66.0. The minimum Gasteiger partial charge on any atom is -0.478 e. The van der Waals surface area contributed by atoms with Crippen molar-refractivity contribution in [3.63, 3.8) is 0 Å². The quantitative estimate of drug-likeness (QED) is 0.205. The van der Waals surface area contributed by atoms with E-state index >= 15 is 0 Å². The van der Waals surface area contributed by atoms with Gasteiger partial charge in [-0.15, -0.1) is 24.2 Å². The molecule has 0 aromatic heterocycles. The molecule has 1 saturated heterocycles. The molecule has 2 aromatic rings. The number of amides is 2. The summed E-state index contributed by atoms with van der Waals surface area (Å²) in [5.41, 5.74) is 5.99. The van der Waals surface area contributed by atoms with Crippen LogP contribution in [0.2, 0.25) is 0 Å². The largest absolute Gasteiger partial charge is 0.478 e. The molecule has 42 heavy (non-hydrogen) atoms. The first kappa shape index (κ1) is 35.2. The van der Waals surface area contributed by atoms with Gasteiger partial charge in [0.05, 0.1) is 6.61 Å². The highest BCUT2D eigenvalue weighted by Gasteiger charge is 2.35. The molecule has 3 rings (SSSR count). The predicted molar refractivity (Wildman–Crippen MR) is 152 cm³/mol. The fourth-order valence-corrected chi connectivity index (χ4v) is 5.36. The van der Waals surface area contributed by atoms with Crippen molar-refractivity contribution in [2.24, 2.45) is 11.7 Å². The van der Waals surface area contributed by atoms with Gasteiger partial charge in [0.15, 0.2) is 23.1 Å². The summed E-state index contributed by atoms with van der Waals surface area (Å²) in [6, 6.07) is 4.26. The maximum absolute atomic E-state index is 14.8. The Morgan fingerprint density at radius 3 is 2.36 bits per heavy atom. The first-order chi connectivity index (χ1) is 19.4. The minimum atomic E-state index is -1.32. The molecule has 3 N–H and O–H groups in total. The van der Waals surface area contributed by atoms with Gasteiger partial charge < -0.3 is 25.4 Å². The highest BCUT2D eigenvalue weighted by molar-refractivity contribution is 8.00. The van der Waals surface area contributed by atoms with Gasteiger partial charge in [-0.2, -0.15) is 0 Å². The van der Waals surface area contributed by atoms with Gasteiger partial charge in [-0.05, 0) is 31.0 Å². The number of halogens is 5. The van der Waals surface area contributed by atoms with Crippen LogP contribution in [-0.2, 0) is 32.1 Å². The third-order valence-electron chi connectivity index (χ3n) is 6.31. The molecule has 1 aliphatic heterocycles. The number of hydrogen-bond acceptors (Lipinski definition) is 7. The Morgan fingerprint density at radius 2 is 1.71 bits per heavy atom. The molecule has 2 amide bonds. The van der Waals surface area contributed by atoms with Crippen LogP contribution in [-0.4, -0.2) is 59.1 Å². The van der Waals surface area contributed by atoms with Crippen molar-refractivity contribution in [2.45, 2.75) is 57.7 Å². The first-order valence-corrected chi connectivity index (χ1v) is 14.2. The van der Waals surface area contributed by atoms with E-state index in [0.29, 0.717) is 17.9 Å². The maximum Gasteiger partial charge on any atom is 0.347 e. The fourth-order valence-electron chi connectivity index (χ4n) is 4.20. The van der Waals surface area contributed by atoms with Gasteiger partial charge in [-0.1, -0.05) is 19.9 Å². The Morgan fingerprint density at radius 1 is 1.05 bits per heavy atom. The van der Waals surface area contributed by atoms with Gasteiger partial charge in [-0.3, -0.25) is 9.59 Å². The van der Waals surface area contributed by atoms with E-state index in [4.69, 9.17) is 15.2 Å². The normalized spacial score (nSPS) is 16.0. The van der Waals surface area contributed by atoms with Crippen LogP contribution in [0.1, 0.15) is 38.3 Å². The van der Waals surface area contributed by atoms with Crippen LogP contribution in [0.3, 0.4) is 0 Å². The second-order valence-electron chi connectivity index (χ2n) is 9.84. The molecule has 0 bridgehead atoms. The summed E-state index contributed by atoms with van der Waals surface area (Å²) in [5, 5.41) is 1.75. The second kappa shape index (κ2) is 16.0.